The van der Waals surface area contributed by atoms with Crippen molar-refractivity contribution >= 4 is 17.3 Å². The highest BCUT2D eigenvalue weighted by Crippen LogP contribution is 2.32. The van der Waals surface area contributed by atoms with E-state index in [9.17, 15) is 14.6 Å². The molecule has 1 aromatic heterocycles. The van der Waals surface area contributed by atoms with Gasteiger partial charge in [-0.15, -0.1) is 10.2 Å². The summed E-state index contributed by atoms with van der Waals surface area (Å²) in [7, 11) is 0. The maximum absolute atomic E-state index is 13.2. The first-order valence-electron chi connectivity index (χ1n) is 8.28. The first kappa shape index (κ1) is 19.6. The summed E-state index contributed by atoms with van der Waals surface area (Å²) in [5.74, 6) is -1.15. The van der Waals surface area contributed by atoms with E-state index >= 15 is 0 Å². The average Bonchev–Trinajstić information content (AvgIpc) is 3.14. The molecular weight excluding hydrogens is 387 g/mol. The molecule has 0 bridgehead atoms. The van der Waals surface area contributed by atoms with Gasteiger partial charge >= 0.3 is 0 Å². The Bertz CT molecular complexity index is 1060. The summed E-state index contributed by atoms with van der Waals surface area (Å²) in [4.78, 5) is 0. The molecule has 3 rings (SSSR count). The minimum atomic E-state index is -0.913. The van der Waals surface area contributed by atoms with E-state index in [-0.39, 0.29) is 11.8 Å². The number of phenolic OH excluding ortho intramolecular Hbond substituents is 1. The minimum Gasteiger partial charge on any atom is -0.505 e. The fourth-order valence-electron chi connectivity index (χ4n) is 2.61. The van der Waals surface area contributed by atoms with Crippen LogP contribution in [0.5, 0.6) is 5.75 Å². The van der Waals surface area contributed by atoms with E-state index in [1.54, 1.807) is 26.0 Å². The Morgan fingerprint density at radius 2 is 2.04 bits per heavy atom. The molecule has 0 saturated carbocycles. The number of nitriles is 1. The minimum absolute atomic E-state index is 0.0623. The summed E-state index contributed by atoms with van der Waals surface area (Å²) in [6, 6.07) is 8.12. The van der Waals surface area contributed by atoms with Gasteiger partial charge in [-0.05, 0) is 49.7 Å². The van der Waals surface area contributed by atoms with Crippen LogP contribution in [0.4, 0.5) is 10.1 Å². The number of anilines is 1. The van der Waals surface area contributed by atoms with E-state index < -0.39 is 23.7 Å². The van der Waals surface area contributed by atoms with Crippen LogP contribution < -0.4 is 5.32 Å². The van der Waals surface area contributed by atoms with Gasteiger partial charge < -0.3 is 19.9 Å². The summed E-state index contributed by atoms with van der Waals surface area (Å²) in [5, 5.41) is 40.0. The highest BCUT2D eigenvalue weighted by molar-refractivity contribution is 6.32. The van der Waals surface area contributed by atoms with Crippen molar-refractivity contribution in [1.29, 1.82) is 5.26 Å². The Morgan fingerprint density at radius 1 is 1.29 bits per heavy atom. The predicted octanol–water partition coefficient (Wildman–Crippen LogP) is 3.95. The number of hydrogen-bond donors (Lipinski definition) is 3. The van der Waals surface area contributed by atoms with Gasteiger partial charge in [0.2, 0.25) is 11.8 Å². The number of rotatable bonds is 5. The molecule has 1 heterocycles. The molecule has 2 atom stereocenters. The average molecular weight is 403 g/mol. The number of phenols is 1. The van der Waals surface area contributed by atoms with Gasteiger partial charge in [-0.3, -0.25) is 0 Å². The van der Waals surface area contributed by atoms with Crippen molar-refractivity contribution in [2.24, 2.45) is 0 Å². The highest BCUT2D eigenvalue weighted by Gasteiger charge is 2.25. The fraction of sp³-hybridized carbons (Fsp3) is 0.211. The summed E-state index contributed by atoms with van der Waals surface area (Å²) in [5.41, 5.74) is 1.90. The quantitative estimate of drug-likeness (QED) is 0.591. The number of aliphatic hydroxyl groups excluding tert-OH is 1. The molecule has 9 heteroatoms. The third-order valence-corrected chi connectivity index (χ3v) is 4.69. The van der Waals surface area contributed by atoms with Crippen molar-refractivity contribution in [2.45, 2.75) is 26.0 Å². The molecule has 3 aromatic rings. The number of aliphatic hydroxyl groups is 1. The van der Waals surface area contributed by atoms with Crippen molar-refractivity contribution in [3.05, 3.63) is 58.2 Å². The Morgan fingerprint density at radius 3 is 2.68 bits per heavy atom. The molecule has 0 radical (unpaired) electrons. The molecular formula is C19H16ClFN4O3. The van der Waals surface area contributed by atoms with Gasteiger partial charge in [0, 0.05) is 11.3 Å². The standard InChI is InChI=1S/C19H16ClFN4O3/c1-9-14(6-4-12(8-22)16(9)20)23-17(10(2)26)19-25-24-18(28-19)11-3-5-13(21)15(27)7-11/h3-7,10,17,23,26-27H,1-2H3/t10-,17?/m1/s1. The molecule has 3 N–H and O–H groups in total. The van der Waals surface area contributed by atoms with Gasteiger partial charge in [0.1, 0.15) is 12.1 Å². The highest BCUT2D eigenvalue weighted by atomic mass is 35.5. The zero-order valence-electron chi connectivity index (χ0n) is 14.9. The molecule has 7 nitrogen and oxygen atoms in total. The van der Waals surface area contributed by atoms with Crippen LogP contribution in [0.15, 0.2) is 34.7 Å². The molecule has 0 spiro atoms. The summed E-state index contributed by atoms with van der Waals surface area (Å²) >= 11 is 6.19. The Kier molecular flexibility index (Phi) is 5.49. The Hall–Kier alpha value is -3.15. The van der Waals surface area contributed by atoms with Crippen LogP contribution in [0, 0.1) is 24.1 Å². The Balaban J connectivity index is 1.92. The topological polar surface area (TPSA) is 115 Å². The monoisotopic (exact) mass is 402 g/mol. The molecule has 1 unspecified atom stereocenters. The predicted molar refractivity (Wildman–Crippen MR) is 100 cm³/mol. The van der Waals surface area contributed by atoms with Crippen LogP contribution in [0.25, 0.3) is 11.5 Å². The molecule has 0 amide bonds. The van der Waals surface area contributed by atoms with E-state index in [4.69, 9.17) is 21.3 Å². The van der Waals surface area contributed by atoms with Gasteiger partial charge in [0.15, 0.2) is 11.6 Å². The maximum atomic E-state index is 13.2. The van der Waals surface area contributed by atoms with Crippen LogP contribution in [-0.4, -0.2) is 26.5 Å². The number of nitrogens with one attached hydrogen (secondary N) is 1. The van der Waals surface area contributed by atoms with Gasteiger partial charge in [-0.2, -0.15) is 5.26 Å². The van der Waals surface area contributed by atoms with Crippen LogP contribution in [0.3, 0.4) is 0 Å². The van der Waals surface area contributed by atoms with Gasteiger partial charge in [0.05, 0.1) is 16.7 Å². The summed E-state index contributed by atoms with van der Waals surface area (Å²) in [6.45, 7) is 3.29. The van der Waals surface area contributed by atoms with Gasteiger partial charge in [-0.1, -0.05) is 11.6 Å². The van der Waals surface area contributed by atoms with E-state index in [2.05, 4.69) is 15.5 Å². The van der Waals surface area contributed by atoms with Gasteiger partial charge in [0.25, 0.3) is 0 Å². The van der Waals surface area contributed by atoms with E-state index in [0.29, 0.717) is 27.4 Å². The van der Waals surface area contributed by atoms with Crippen LogP contribution in [0.2, 0.25) is 5.02 Å². The fourth-order valence-corrected chi connectivity index (χ4v) is 2.81. The van der Waals surface area contributed by atoms with Crippen molar-refractivity contribution < 1.29 is 19.0 Å². The molecule has 0 saturated heterocycles. The zero-order valence-corrected chi connectivity index (χ0v) is 15.7. The van der Waals surface area contributed by atoms with Crippen LogP contribution in [-0.2, 0) is 0 Å². The lowest BCUT2D eigenvalue weighted by Crippen LogP contribution is -2.23. The SMILES string of the molecule is Cc1c(NC(c2nnc(-c3ccc(F)c(O)c3)o2)[C@@H](C)O)ccc(C#N)c1Cl. The number of benzene rings is 2. The second kappa shape index (κ2) is 7.84. The number of halogens is 2. The molecule has 0 aliphatic rings. The van der Waals surface area contributed by atoms with Crippen LogP contribution in [0.1, 0.15) is 30.0 Å². The first-order chi connectivity index (χ1) is 13.3. The second-order valence-electron chi connectivity index (χ2n) is 6.19. The van der Waals surface area contributed by atoms with Crippen molar-refractivity contribution in [1.82, 2.24) is 10.2 Å². The normalized spacial score (nSPS) is 13.0. The number of aromatic nitrogens is 2. The van der Waals surface area contributed by atoms with Gasteiger partial charge in [-0.25, -0.2) is 4.39 Å². The lowest BCUT2D eigenvalue weighted by molar-refractivity contribution is 0.159. The largest absolute Gasteiger partial charge is 0.505 e. The number of nitrogens with zero attached hydrogens (tertiary/aromatic N) is 3. The van der Waals surface area contributed by atoms with Crippen molar-refractivity contribution in [3.63, 3.8) is 0 Å². The summed E-state index contributed by atoms with van der Waals surface area (Å²) < 4.78 is 18.8. The van der Waals surface area contributed by atoms with E-state index in [1.807, 2.05) is 6.07 Å². The van der Waals surface area contributed by atoms with Crippen molar-refractivity contribution in [3.8, 4) is 23.3 Å². The molecule has 0 aliphatic carbocycles. The number of hydrogen-bond acceptors (Lipinski definition) is 7. The molecule has 0 fully saturated rings. The number of aromatic hydroxyl groups is 1. The smallest absolute Gasteiger partial charge is 0.248 e. The molecule has 144 valence electrons. The van der Waals surface area contributed by atoms with Crippen molar-refractivity contribution in [2.75, 3.05) is 5.32 Å². The summed E-state index contributed by atoms with van der Waals surface area (Å²) in [6.07, 6.45) is -0.913. The lowest BCUT2D eigenvalue weighted by Gasteiger charge is -2.21. The molecule has 2 aromatic carbocycles. The maximum Gasteiger partial charge on any atom is 0.248 e. The molecule has 28 heavy (non-hydrogen) atoms. The Labute approximate surface area is 165 Å². The lowest BCUT2D eigenvalue weighted by atomic mass is 10.1. The van der Waals surface area contributed by atoms with E-state index in [0.717, 1.165) is 6.07 Å². The van der Waals surface area contributed by atoms with E-state index in [1.165, 1.54) is 12.1 Å². The zero-order chi connectivity index (χ0) is 20.4. The third-order valence-electron chi connectivity index (χ3n) is 4.20. The van der Waals surface area contributed by atoms with Crippen LogP contribution >= 0.6 is 11.6 Å². The first-order valence-corrected chi connectivity index (χ1v) is 8.65. The third kappa shape index (κ3) is 3.76. The molecule has 0 aliphatic heterocycles. The second-order valence-corrected chi connectivity index (χ2v) is 6.56.